The molecule has 0 aliphatic carbocycles. The maximum absolute atomic E-state index is 13.5. The van der Waals surface area contributed by atoms with E-state index in [4.69, 9.17) is 9.47 Å². The molecule has 1 aromatic carbocycles. The number of carbonyl (C=O) groups is 1. The summed E-state index contributed by atoms with van der Waals surface area (Å²) in [5.74, 6) is 0.232. The van der Waals surface area contributed by atoms with Gasteiger partial charge in [-0.25, -0.2) is 0 Å². The first-order chi connectivity index (χ1) is 13.2. The highest BCUT2D eigenvalue weighted by molar-refractivity contribution is 9.10. The molecule has 0 spiro atoms. The third kappa shape index (κ3) is 6.63. The van der Waals surface area contributed by atoms with Crippen LogP contribution in [0.5, 0.6) is 5.75 Å². The largest absolute Gasteiger partial charge is 0.493 e. The van der Waals surface area contributed by atoms with Crippen LogP contribution in [0.25, 0.3) is 0 Å². The fourth-order valence-corrected chi connectivity index (χ4v) is 3.53. The summed E-state index contributed by atoms with van der Waals surface area (Å²) in [5, 5.41) is 0. The minimum atomic E-state index is -4.35. The van der Waals surface area contributed by atoms with E-state index in [1.54, 1.807) is 6.92 Å². The summed E-state index contributed by atoms with van der Waals surface area (Å²) >= 11 is 3.43. The average molecular weight is 467 g/mol. The lowest BCUT2D eigenvalue weighted by atomic mass is 10.1. The molecule has 1 aromatic rings. The summed E-state index contributed by atoms with van der Waals surface area (Å²) in [4.78, 5) is 14.5. The molecule has 0 N–H and O–H groups in total. The Kier molecular flexibility index (Phi) is 8.57. The van der Waals surface area contributed by atoms with Crippen LogP contribution in [0.15, 0.2) is 22.7 Å². The molecule has 0 bridgehead atoms. The third-order valence-electron chi connectivity index (χ3n) is 4.68. The van der Waals surface area contributed by atoms with Gasteiger partial charge in [-0.2, -0.15) is 13.2 Å². The molecule has 1 saturated heterocycles. The number of ether oxygens (including phenoxy) is 2. The first-order valence-corrected chi connectivity index (χ1v) is 10.1. The first-order valence-electron chi connectivity index (χ1n) is 9.29. The van der Waals surface area contributed by atoms with Gasteiger partial charge in [-0.05, 0) is 32.4 Å². The van der Waals surface area contributed by atoms with Crippen LogP contribution in [-0.2, 0) is 9.53 Å². The molecule has 1 aliphatic rings. The lowest BCUT2D eigenvalue weighted by Crippen LogP contribution is -2.59. The smallest absolute Gasteiger partial charge is 0.405 e. The van der Waals surface area contributed by atoms with E-state index in [9.17, 15) is 18.0 Å². The quantitative estimate of drug-likeness (QED) is 0.432. The highest BCUT2D eigenvalue weighted by Gasteiger charge is 2.46. The number of benzene rings is 1. The monoisotopic (exact) mass is 466 g/mol. The van der Waals surface area contributed by atoms with Gasteiger partial charge in [-0.1, -0.05) is 22.0 Å². The van der Waals surface area contributed by atoms with Crippen LogP contribution in [0.4, 0.5) is 13.2 Å². The Balaban J connectivity index is 1.86. The number of hydrogen-bond donors (Lipinski definition) is 0. The summed E-state index contributed by atoms with van der Waals surface area (Å²) < 4.78 is 52.0. The van der Waals surface area contributed by atoms with Gasteiger partial charge in [0.15, 0.2) is 0 Å². The molecule has 1 atom stereocenters. The second-order valence-electron chi connectivity index (χ2n) is 6.70. The van der Waals surface area contributed by atoms with E-state index >= 15 is 0 Å². The average Bonchev–Trinajstić information content (AvgIpc) is 2.62. The molecule has 0 aromatic heterocycles. The number of piperazine rings is 1. The zero-order valence-electron chi connectivity index (χ0n) is 16.1. The van der Waals surface area contributed by atoms with Crippen molar-refractivity contribution in [2.75, 3.05) is 45.9 Å². The van der Waals surface area contributed by atoms with Crippen molar-refractivity contribution in [1.82, 2.24) is 9.80 Å². The van der Waals surface area contributed by atoms with Crippen molar-refractivity contribution in [2.45, 2.75) is 32.5 Å². The standard InChI is InChI=1S/C19H26BrF3N2O3/c1-3-27-18(26)13-24-9-10-25(17(12-24)19(21,22)23)8-5-11-28-16-7-4-6-15(20)14(16)2/h4,6-7,17H,3,5,8-13H2,1-2H3/t17-/m1/s1. The SMILES string of the molecule is CCOC(=O)CN1CCN(CCCOc2cccc(Br)c2C)[C@@H](C(F)(F)F)C1. The van der Waals surface area contributed by atoms with Gasteiger partial charge in [0, 0.05) is 36.2 Å². The predicted octanol–water partition coefficient (Wildman–Crippen LogP) is 3.64. The maximum Gasteiger partial charge on any atom is 0.405 e. The maximum atomic E-state index is 13.5. The highest BCUT2D eigenvalue weighted by atomic mass is 79.9. The van der Waals surface area contributed by atoms with Crippen molar-refractivity contribution < 1.29 is 27.4 Å². The minimum Gasteiger partial charge on any atom is -0.493 e. The Labute approximate surface area is 171 Å². The van der Waals surface area contributed by atoms with E-state index in [0.29, 0.717) is 19.6 Å². The van der Waals surface area contributed by atoms with E-state index in [1.165, 1.54) is 9.80 Å². The molecule has 1 aliphatic heterocycles. The summed E-state index contributed by atoms with van der Waals surface area (Å²) in [6.45, 7) is 4.74. The summed E-state index contributed by atoms with van der Waals surface area (Å²) in [6.07, 6.45) is -3.87. The van der Waals surface area contributed by atoms with Gasteiger partial charge in [0.2, 0.25) is 0 Å². The number of halogens is 4. The van der Waals surface area contributed by atoms with E-state index in [2.05, 4.69) is 15.9 Å². The molecule has 0 amide bonds. The van der Waals surface area contributed by atoms with Crippen molar-refractivity contribution in [1.29, 1.82) is 0 Å². The van der Waals surface area contributed by atoms with Crippen LogP contribution >= 0.6 is 15.9 Å². The lowest BCUT2D eigenvalue weighted by Gasteiger charge is -2.41. The Morgan fingerprint density at radius 1 is 1.32 bits per heavy atom. The Hall–Kier alpha value is -1.32. The van der Waals surface area contributed by atoms with Crippen molar-refractivity contribution in [3.8, 4) is 5.75 Å². The van der Waals surface area contributed by atoms with Crippen molar-refractivity contribution in [3.05, 3.63) is 28.2 Å². The van der Waals surface area contributed by atoms with E-state index < -0.39 is 18.2 Å². The highest BCUT2D eigenvalue weighted by Crippen LogP contribution is 2.28. The number of nitrogens with zero attached hydrogens (tertiary/aromatic N) is 2. The lowest BCUT2D eigenvalue weighted by molar-refractivity contribution is -0.198. The van der Waals surface area contributed by atoms with Crippen molar-refractivity contribution in [3.63, 3.8) is 0 Å². The van der Waals surface area contributed by atoms with Gasteiger partial charge in [0.05, 0.1) is 19.8 Å². The van der Waals surface area contributed by atoms with Crippen LogP contribution in [0.1, 0.15) is 18.9 Å². The summed E-state index contributed by atoms with van der Waals surface area (Å²) in [5.41, 5.74) is 0.961. The normalized spacial score (nSPS) is 18.9. The number of alkyl halides is 3. The van der Waals surface area contributed by atoms with Crippen molar-refractivity contribution >= 4 is 21.9 Å². The molecule has 158 valence electrons. The Bertz CT molecular complexity index is 658. The van der Waals surface area contributed by atoms with E-state index in [1.807, 2.05) is 25.1 Å². The van der Waals surface area contributed by atoms with Gasteiger partial charge >= 0.3 is 12.1 Å². The van der Waals surface area contributed by atoms with Crippen molar-refractivity contribution in [2.24, 2.45) is 0 Å². The van der Waals surface area contributed by atoms with E-state index in [0.717, 1.165) is 15.8 Å². The van der Waals surface area contributed by atoms with Gasteiger partial charge in [-0.15, -0.1) is 0 Å². The molecule has 28 heavy (non-hydrogen) atoms. The third-order valence-corrected chi connectivity index (χ3v) is 5.54. The first kappa shape index (κ1) is 23.0. The van der Waals surface area contributed by atoms with Gasteiger partial charge in [-0.3, -0.25) is 14.6 Å². The molecule has 5 nitrogen and oxygen atoms in total. The van der Waals surface area contributed by atoms with Crippen LogP contribution in [0, 0.1) is 6.92 Å². The number of carbonyl (C=O) groups excluding carboxylic acids is 1. The zero-order chi connectivity index (χ0) is 20.7. The molecule has 2 rings (SSSR count). The van der Waals surface area contributed by atoms with E-state index in [-0.39, 0.29) is 32.8 Å². The van der Waals surface area contributed by atoms with Crippen LogP contribution in [-0.4, -0.2) is 73.9 Å². The Morgan fingerprint density at radius 3 is 2.75 bits per heavy atom. The molecule has 0 unspecified atom stereocenters. The fourth-order valence-electron chi connectivity index (χ4n) is 3.18. The molecular formula is C19H26BrF3N2O3. The number of hydrogen-bond acceptors (Lipinski definition) is 5. The summed E-state index contributed by atoms with van der Waals surface area (Å²) in [7, 11) is 0. The fraction of sp³-hybridized carbons (Fsp3) is 0.632. The topological polar surface area (TPSA) is 42.0 Å². The zero-order valence-corrected chi connectivity index (χ0v) is 17.7. The molecular weight excluding hydrogens is 441 g/mol. The predicted molar refractivity (Wildman–Crippen MR) is 103 cm³/mol. The van der Waals surface area contributed by atoms with Gasteiger partial charge in [0.25, 0.3) is 0 Å². The molecule has 9 heteroatoms. The molecule has 0 saturated carbocycles. The van der Waals surface area contributed by atoms with Crippen LogP contribution in [0.3, 0.4) is 0 Å². The second kappa shape index (κ2) is 10.5. The molecule has 0 radical (unpaired) electrons. The number of rotatable bonds is 8. The van der Waals surface area contributed by atoms with Gasteiger partial charge in [0.1, 0.15) is 11.8 Å². The summed E-state index contributed by atoms with van der Waals surface area (Å²) in [6, 6.07) is 4.01. The molecule has 1 fully saturated rings. The van der Waals surface area contributed by atoms with Gasteiger partial charge < -0.3 is 9.47 Å². The molecule has 1 heterocycles. The van der Waals surface area contributed by atoms with Crippen LogP contribution in [0.2, 0.25) is 0 Å². The number of esters is 1. The minimum absolute atomic E-state index is 0.112. The second-order valence-corrected chi connectivity index (χ2v) is 7.55. The Morgan fingerprint density at radius 2 is 2.07 bits per heavy atom. The van der Waals surface area contributed by atoms with Crippen LogP contribution < -0.4 is 4.74 Å².